The largest absolute Gasteiger partial charge is 0.413 e. The lowest BCUT2D eigenvalue weighted by molar-refractivity contribution is -0.117. The highest BCUT2D eigenvalue weighted by Crippen LogP contribution is 2.31. The first-order chi connectivity index (χ1) is 15.2. The second-order valence-corrected chi connectivity index (χ2v) is 11.0. The van der Waals surface area contributed by atoms with Crippen molar-refractivity contribution in [3.05, 3.63) is 65.0 Å². The molecule has 1 fully saturated rings. The number of halogens is 1. The normalized spacial score (nSPS) is 16.2. The molecule has 1 saturated heterocycles. The molecule has 2 aromatic carbocycles. The summed E-state index contributed by atoms with van der Waals surface area (Å²) in [5, 5.41) is 3.08. The second kappa shape index (κ2) is 8.93. The fourth-order valence-corrected chi connectivity index (χ4v) is 5.33. The lowest BCUT2D eigenvalue weighted by Crippen LogP contribution is -2.38. The Balaban J connectivity index is 1.45. The number of amides is 2. The molecule has 2 amide bonds. The van der Waals surface area contributed by atoms with Crippen molar-refractivity contribution in [2.24, 2.45) is 0 Å². The highest BCUT2D eigenvalue weighted by atomic mass is 35.5. The van der Waals surface area contributed by atoms with Gasteiger partial charge in [0.2, 0.25) is 5.91 Å². The van der Waals surface area contributed by atoms with Gasteiger partial charge in [-0.05, 0) is 35.9 Å². The lowest BCUT2D eigenvalue weighted by atomic mass is 10.1. The zero-order valence-corrected chi connectivity index (χ0v) is 19.3. The van der Waals surface area contributed by atoms with E-state index in [1.807, 2.05) is 0 Å². The number of thiophene rings is 1. The third-order valence-electron chi connectivity index (χ3n) is 4.97. The van der Waals surface area contributed by atoms with Gasteiger partial charge in [0, 0.05) is 30.5 Å². The Bertz CT molecular complexity index is 1270. The van der Waals surface area contributed by atoms with E-state index in [1.165, 1.54) is 6.26 Å². The average molecular weight is 491 g/mol. The smallest absolute Gasteiger partial charge is 0.399 e. The van der Waals surface area contributed by atoms with Crippen LogP contribution in [-0.4, -0.2) is 39.3 Å². The Kier molecular flexibility index (Phi) is 6.23. The number of sulfone groups is 1. The van der Waals surface area contributed by atoms with Crippen LogP contribution in [0.25, 0.3) is 11.1 Å². The molecule has 7 nitrogen and oxygen atoms in total. The van der Waals surface area contributed by atoms with Crippen LogP contribution in [0, 0.1) is 0 Å². The predicted molar refractivity (Wildman–Crippen MR) is 124 cm³/mol. The Labute approximate surface area is 194 Å². The van der Waals surface area contributed by atoms with Gasteiger partial charge >= 0.3 is 6.09 Å². The van der Waals surface area contributed by atoms with Crippen LogP contribution in [0.15, 0.2) is 65.6 Å². The molecule has 0 radical (unpaired) electrons. The highest BCUT2D eigenvalue weighted by molar-refractivity contribution is 7.90. The van der Waals surface area contributed by atoms with Crippen LogP contribution in [0.4, 0.5) is 10.5 Å². The maximum absolute atomic E-state index is 12.5. The van der Waals surface area contributed by atoms with Crippen molar-refractivity contribution in [3.63, 3.8) is 0 Å². The van der Waals surface area contributed by atoms with Crippen LogP contribution in [0.2, 0.25) is 4.34 Å². The van der Waals surface area contributed by atoms with Gasteiger partial charge in [0.05, 0.1) is 15.3 Å². The molecule has 0 saturated carbocycles. The van der Waals surface area contributed by atoms with E-state index in [-0.39, 0.29) is 17.2 Å². The van der Waals surface area contributed by atoms with Crippen molar-refractivity contribution in [2.45, 2.75) is 17.4 Å². The topological polar surface area (TPSA) is 92.8 Å². The summed E-state index contributed by atoms with van der Waals surface area (Å²) in [6.07, 6.45) is 0.684. The number of nitrogens with zero attached hydrogens (tertiary/aromatic N) is 1. The summed E-state index contributed by atoms with van der Waals surface area (Å²) in [6.45, 7) is 0.304. The molecule has 4 rings (SSSR count). The van der Waals surface area contributed by atoms with Gasteiger partial charge in [-0.2, -0.15) is 0 Å². The van der Waals surface area contributed by atoms with Crippen LogP contribution in [-0.2, 0) is 14.6 Å². The molecule has 0 spiro atoms. The zero-order valence-electron chi connectivity index (χ0n) is 16.9. The minimum atomic E-state index is -3.38. The van der Waals surface area contributed by atoms with Crippen LogP contribution in [0.5, 0.6) is 5.06 Å². The summed E-state index contributed by atoms with van der Waals surface area (Å²) < 4.78 is 29.9. The molecule has 0 bridgehead atoms. The Morgan fingerprint density at radius 2 is 1.84 bits per heavy atom. The van der Waals surface area contributed by atoms with Gasteiger partial charge in [0.1, 0.15) is 0 Å². The molecule has 10 heteroatoms. The molecule has 1 aliphatic heterocycles. The number of carbonyl (C=O) groups is 2. The fourth-order valence-electron chi connectivity index (χ4n) is 3.54. The standard InChI is InChI=1S/C22H19ClN2O5S2/c1-32(28,29)18-5-3-2-4-17(18)14-6-8-16(9-7-14)25-13-15(12-20(25)26)24-22(27)30-21-11-10-19(23)31-21/h2-11,15H,12-13H2,1H3,(H,24,27). The molecule has 166 valence electrons. The Hall–Kier alpha value is -2.88. The van der Waals surface area contributed by atoms with Crippen molar-refractivity contribution in [1.29, 1.82) is 0 Å². The number of ether oxygens (including phenoxy) is 1. The number of anilines is 1. The van der Waals surface area contributed by atoms with Gasteiger partial charge in [-0.25, -0.2) is 13.2 Å². The minimum Gasteiger partial charge on any atom is -0.399 e. The van der Waals surface area contributed by atoms with Crippen LogP contribution in [0.1, 0.15) is 6.42 Å². The second-order valence-electron chi connectivity index (χ2n) is 7.31. The van der Waals surface area contributed by atoms with Gasteiger partial charge in [-0.15, -0.1) is 0 Å². The molecule has 3 aromatic rings. The van der Waals surface area contributed by atoms with Crippen LogP contribution in [0.3, 0.4) is 0 Å². The monoisotopic (exact) mass is 490 g/mol. The summed E-state index contributed by atoms with van der Waals surface area (Å²) in [7, 11) is -3.38. The van der Waals surface area contributed by atoms with Crippen molar-refractivity contribution in [1.82, 2.24) is 5.32 Å². The van der Waals surface area contributed by atoms with E-state index in [9.17, 15) is 18.0 Å². The van der Waals surface area contributed by atoms with E-state index in [0.717, 1.165) is 16.9 Å². The fraction of sp³-hybridized carbons (Fsp3) is 0.182. The number of benzene rings is 2. The van der Waals surface area contributed by atoms with E-state index in [4.69, 9.17) is 16.3 Å². The highest BCUT2D eigenvalue weighted by Gasteiger charge is 2.32. The SMILES string of the molecule is CS(=O)(=O)c1ccccc1-c1ccc(N2CC(NC(=O)Oc3ccc(Cl)s3)CC2=O)cc1. The summed E-state index contributed by atoms with van der Waals surface area (Å²) in [4.78, 5) is 26.4. The van der Waals surface area contributed by atoms with Gasteiger partial charge < -0.3 is 15.0 Å². The Morgan fingerprint density at radius 3 is 2.50 bits per heavy atom. The van der Waals surface area contributed by atoms with Crippen molar-refractivity contribution >= 4 is 50.5 Å². The van der Waals surface area contributed by atoms with Crippen molar-refractivity contribution in [2.75, 3.05) is 17.7 Å². The molecular formula is C22H19ClN2O5S2. The molecule has 1 atom stereocenters. The molecule has 1 unspecified atom stereocenters. The van der Waals surface area contributed by atoms with E-state index in [2.05, 4.69) is 5.32 Å². The average Bonchev–Trinajstić information content (AvgIpc) is 3.32. The van der Waals surface area contributed by atoms with Gasteiger partial charge in [0.15, 0.2) is 14.9 Å². The number of carbonyl (C=O) groups excluding carboxylic acids is 2. The molecule has 0 aliphatic carbocycles. The zero-order chi connectivity index (χ0) is 22.9. The molecule has 2 heterocycles. The molecule has 1 aromatic heterocycles. The predicted octanol–water partition coefficient (Wildman–Crippen LogP) is 4.37. The van der Waals surface area contributed by atoms with Crippen molar-refractivity contribution < 1.29 is 22.7 Å². The summed E-state index contributed by atoms with van der Waals surface area (Å²) in [6, 6.07) is 16.7. The third kappa shape index (κ3) is 4.95. The number of hydrogen-bond acceptors (Lipinski definition) is 6. The first-order valence-electron chi connectivity index (χ1n) is 9.64. The maximum atomic E-state index is 12.5. The molecule has 1 N–H and O–H groups in total. The lowest BCUT2D eigenvalue weighted by Gasteiger charge is -2.18. The van der Waals surface area contributed by atoms with E-state index in [1.54, 1.807) is 65.6 Å². The van der Waals surface area contributed by atoms with Crippen molar-refractivity contribution in [3.8, 4) is 16.2 Å². The van der Waals surface area contributed by atoms with Gasteiger partial charge in [-0.1, -0.05) is 53.3 Å². The van der Waals surface area contributed by atoms with Crippen LogP contribution < -0.4 is 15.0 Å². The summed E-state index contributed by atoms with van der Waals surface area (Å²) in [5.74, 6) is -0.126. The first kappa shape index (κ1) is 22.3. The van der Waals surface area contributed by atoms with E-state index in [0.29, 0.717) is 27.2 Å². The van der Waals surface area contributed by atoms with Crippen LogP contribution >= 0.6 is 22.9 Å². The van der Waals surface area contributed by atoms with Gasteiger partial charge in [0.25, 0.3) is 0 Å². The summed E-state index contributed by atoms with van der Waals surface area (Å²) >= 11 is 6.97. The maximum Gasteiger partial charge on any atom is 0.413 e. The molecular weight excluding hydrogens is 472 g/mol. The third-order valence-corrected chi connectivity index (χ3v) is 7.23. The number of nitrogens with one attached hydrogen (secondary N) is 1. The minimum absolute atomic E-state index is 0.126. The molecule has 1 aliphatic rings. The Morgan fingerprint density at radius 1 is 1.12 bits per heavy atom. The number of rotatable bonds is 5. The molecule has 32 heavy (non-hydrogen) atoms. The van der Waals surface area contributed by atoms with E-state index < -0.39 is 22.0 Å². The van der Waals surface area contributed by atoms with Gasteiger partial charge in [-0.3, -0.25) is 4.79 Å². The number of hydrogen-bond donors (Lipinski definition) is 1. The summed E-state index contributed by atoms with van der Waals surface area (Å²) in [5.41, 5.74) is 2.00. The quantitative estimate of drug-likeness (QED) is 0.573. The first-order valence-corrected chi connectivity index (χ1v) is 12.7. The van der Waals surface area contributed by atoms with E-state index >= 15 is 0 Å².